The van der Waals surface area contributed by atoms with Gasteiger partial charge in [0.05, 0.1) is 0 Å². The van der Waals surface area contributed by atoms with E-state index < -0.39 is 5.97 Å². The van der Waals surface area contributed by atoms with Crippen molar-refractivity contribution in [1.82, 2.24) is 10.1 Å². The Labute approximate surface area is 95.9 Å². The molecular weight excluding hydrogens is 227 g/mol. The summed E-state index contributed by atoms with van der Waals surface area (Å²) in [5, 5.41) is 13.9. The largest absolute Gasteiger partial charge is 0.550 e. The molecule has 0 fully saturated rings. The quantitative estimate of drug-likeness (QED) is 0.773. The molecule has 5 nitrogen and oxygen atoms in total. The van der Waals surface area contributed by atoms with Crippen molar-refractivity contribution in [3.8, 4) is 11.4 Å². The van der Waals surface area contributed by atoms with Crippen molar-refractivity contribution in [3.63, 3.8) is 0 Å². The first-order valence-electron chi connectivity index (χ1n) is 4.93. The molecule has 1 heterocycles. The van der Waals surface area contributed by atoms with E-state index in [0.717, 1.165) is 0 Å². The number of benzene rings is 1. The molecule has 2 rings (SSSR count). The predicted molar refractivity (Wildman–Crippen MR) is 53.0 cm³/mol. The lowest BCUT2D eigenvalue weighted by molar-refractivity contribution is -0.305. The number of aliphatic carboxylic acids is 1. The highest BCUT2D eigenvalue weighted by molar-refractivity contribution is 5.64. The lowest BCUT2D eigenvalue weighted by Crippen LogP contribution is -2.22. The third kappa shape index (κ3) is 2.87. The van der Waals surface area contributed by atoms with Crippen LogP contribution in [-0.4, -0.2) is 16.1 Å². The van der Waals surface area contributed by atoms with Crippen LogP contribution < -0.4 is 5.11 Å². The fourth-order valence-electron chi connectivity index (χ4n) is 1.28. The van der Waals surface area contributed by atoms with E-state index in [-0.39, 0.29) is 24.5 Å². The van der Waals surface area contributed by atoms with Crippen molar-refractivity contribution in [2.75, 3.05) is 0 Å². The second-order valence-electron chi connectivity index (χ2n) is 3.39. The summed E-state index contributed by atoms with van der Waals surface area (Å²) in [6, 6.07) is 5.60. The standard InChI is InChI=1S/C11H9FN2O3/c12-8-3-1-7(2-4-8)11-13-9(17-14-11)5-6-10(15)16/h1-4H,5-6H2,(H,15,16)/p-1. The van der Waals surface area contributed by atoms with Crippen molar-refractivity contribution in [2.24, 2.45) is 0 Å². The Kier molecular flexibility index (Phi) is 3.13. The molecule has 0 aliphatic carbocycles. The molecule has 0 bridgehead atoms. The Hall–Kier alpha value is -2.24. The van der Waals surface area contributed by atoms with Crippen LogP contribution in [0.2, 0.25) is 0 Å². The molecule has 2 aromatic rings. The van der Waals surface area contributed by atoms with E-state index in [2.05, 4.69) is 10.1 Å². The van der Waals surface area contributed by atoms with Gasteiger partial charge in [-0.25, -0.2) is 4.39 Å². The number of hydrogen-bond acceptors (Lipinski definition) is 5. The lowest BCUT2D eigenvalue weighted by Gasteiger charge is -1.95. The highest BCUT2D eigenvalue weighted by Gasteiger charge is 2.08. The molecule has 0 unspecified atom stereocenters. The minimum atomic E-state index is -1.17. The van der Waals surface area contributed by atoms with Gasteiger partial charge in [0.15, 0.2) is 0 Å². The van der Waals surface area contributed by atoms with E-state index in [1.54, 1.807) is 0 Å². The van der Waals surface area contributed by atoms with Crippen LogP contribution in [-0.2, 0) is 11.2 Å². The molecule has 0 aliphatic heterocycles. The number of carboxylic acids is 1. The number of rotatable bonds is 4. The number of hydrogen-bond donors (Lipinski definition) is 0. The first kappa shape index (κ1) is 11.3. The third-order valence-corrected chi connectivity index (χ3v) is 2.11. The number of nitrogens with zero attached hydrogens (tertiary/aromatic N) is 2. The van der Waals surface area contributed by atoms with Gasteiger partial charge in [0.2, 0.25) is 11.7 Å². The lowest BCUT2D eigenvalue weighted by atomic mass is 10.2. The molecule has 1 aromatic heterocycles. The van der Waals surface area contributed by atoms with Crippen molar-refractivity contribution in [3.05, 3.63) is 36.0 Å². The average molecular weight is 235 g/mol. The Bertz CT molecular complexity index is 522. The topological polar surface area (TPSA) is 79.0 Å². The summed E-state index contributed by atoms with van der Waals surface area (Å²) >= 11 is 0. The van der Waals surface area contributed by atoms with Crippen LogP contribution in [0.25, 0.3) is 11.4 Å². The Morgan fingerprint density at radius 3 is 2.71 bits per heavy atom. The SMILES string of the molecule is O=C([O-])CCc1nc(-c2ccc(F)cc2)no1. The van der Waals surface area contributed by atoms with Crippen LogP contribution in [0.15, 0.2) is 28.8 Å². The maximum atomic E-state index is 12.7. The monoisotopic (exact) mass is 235 g/mol. The molecule has 1 aromatic carbocycles. The van der Waals surface area contributed by atoms with Crippen LogP contribution in [0.4, 0.5) is 4.39 Å². The minimum absolute atomic E-state index is 0.122. The maximum absolute atomic E-state index is 12.7. The first-order chi connectivity index (χ1) is 8.15. The average Bonchev–Trinajstić information content (AvgIpc) is 2.76. The number of aromatic nitrogens is 2. The second kappa shape index (κ2) is 4.73. The number of carbonyl (C=O) groups excluding carboxylic acids is 1. The predicted octanol–water partition coefficient (Wildman–Crippen LogP) is 0.558. The van der Waals surface area contributed by atoms with Gasteiger partial charge < -0.3 is 14.4 Å². The Morgan fingerprint density at radius 2 is 2.06 bits per heavy atom. The van der Waals surface area contributed by atoms with Crippen LogP contribution in [0.3, 0.4) is 0 Å². The van der Waals surface area contributed by atoms with E-state index >= 15 is 0 Å². The summed E-state index contributed by atoms with van der Waals surface area (Å²) in [6.45, 7) is 0. The summed E-state index contributed by atoms with van der Waals surface area (Å²) in [4.78, 5) is 14.2. The first-order valence-corrected chi connectivity index (χ1v) is 4.93. The normalized spacial score (nSPS) is 10.4. The zero-order valence-electron chi connectivity index (χ0n) is 8.72. The molecular formula is C11H8FN2O3-. The van der Waals surface area contributed by atoms with E-state index in [9.17, 15) is 14.3 Å². The van der Waals surface area contributed by atoms with Crippen molar-refractivity contribution in [2.45, 2.75) is 12.8 Å². The molecule has 0 atom stereocenters. The number of aryl methyl sites for hydroxylation is 1. The Balaban J connectivity index is 2.12. The Morgan fingerprint density at radius 1 is 1.35 bits per heavy atom. The third-order valence-electron chi connectivity index (χ3n) is 2.11. The van der Waals surface area contributed by atoms with Gasteiger partial charge in [0.1, 0.15) is 5.82 Å². The molecule has 0 saturated carbocycles. The molecule has 6 heteroatoms. The van der Waals surface area contributed by atoms with Gasteiger partial charge in [-0.2, -0.15) is 4.98 Å². The van der Waals surface area contributed by atoms with Crippen molar-refractivity contribution >= 4 is 5.97 Å². The number of carbonyl (C=O) groups is 1. The maximum Gasteiger partial charge on any atom is 0.227 e. The smallest absolute Gasteiger partial charge is 0.227 e. The molecule has 0 saturated heterocycles. The van der Waals surface area contributed by atoms with Gasteiger partial charge in [-0.1, -0.05) is 5.16 Å². The van der Waals surface area contributed by atoms with Gasteiger partial charge >= 0.3 is 0 Å². The van der Waals surface area contributed by atoms with Gasteiger partial charge in [-0.3, -0.25) is 0 Å². The van der Waals surface area contributed by atoms with E-state index in [4.69, 9.17) is 4.52 Å². The highest BCUT2D eigenvalue weighted by atomic mass is 19.1. The molecule has 0 spiro atoms. The molecule has 0 amide bonds. The molecule has 0 radical (unpaired) electrons. The molecule has 0 aliphatic rings. The van der Waals surface area contributed by atoms with Gasteiger partial charge in [-0.05, 0) is 30.7 Å². The van der Waals surface area contributed by atoms with Crippen LogP contribution >= 0.6 is 0 Å². The van der Waals surface area contributed by atoms with Crippen molar-refractivity contribution in [1.29, 1.82) is 0 Å². The van der Waals surface area contributed by atoms with E-state index in [1.165, 1.54) is 24.3 Å². The fraction of sp³-hybridized carbons (Fsp3) is 0.182. The number of carboxylic acid groups (broad SMARTS) is 1. The summed E-state index contributed by atoms with van der Waals surface area (Å²) < 4.78 is 17.5. The molecule has 17 heavy (non-hydrogen) atoms. The fourth-order valence-corrected chi connectivity index (χ4v) is 1.28. The zero-order valence-corrected chi connectivity index (χ0v) is 8.72. The molecule has 0 N–H and O–H groups in total. The van der Waals surface area contributed by atoms with Crippen LogP contribution in [0, 0.1) is 5.82 Å². The summed E-state index contributed by atoms with van der Waals surface area (Å²) in [7, 11) is 0. The van der Waals surface area contributed by atoms with E-state index in [0.29, 0.717) is 11.4 Å². The van der Waals surface area contributed by atoms with Crippen LogP contribution in [0.5, 0.6) is 0 Å². The summed E-state index contributed by atoms with van der Waals surface area (Å²) in [5.74, 6) is -1.01. The van der Waals surface area contributed by atoms with E-state index in [1.807, 2.05) is 0 Å². The zero-order chi connectivity index (χ0) is 12.3. The molecule has 88 valence electrons. The van der Waals surface area contributed by atoms with Gasteiger partial charge in [-0.15, -0.1) is 0 Å². The van der Waals surface area contributed by atoms with Gasteiger partial charge in [0, 0.05) is 18.0 Å². The summed E-state index contributed by atoms with van der Waals surface area (Å²) in [6.07, 6.45) is -0.0540. The van der Waals surface area contributed by atoms with Crippen molar-refractivity contribution < 1.29 is 18.8 Å². The second-order valence-corrected chi connectivity index (χ2v) is 3.39. The highest BCUT2D eigenvalue weighted by Crippen LogP contribution is 2.16. The summed E-state index contributed by atoms with van der Waals surface area (Å²) in [5.41, 5.74) is 0.606. The number of halogens is 1. The van der Waals surface area contributed by atoms with Crippen LogP contribution in [0.1, 0.15) is 12.3 Å². The minimum Gasteiger partial charge on any atom is -0.550 e. The van der Waals surface area contributed by atoms with Gasteiger partial charge in [0.25, 0.3) is 0 Å².